The molecule has 0 unspecified atom stereocenters. The Labute approximate surface area is 184 Å². The Morgan fingerprint density at radius 1 is 1.12 bits per heavy atom. The molecule has 0 amide bonds. The molecule has 32 heavy (non-hydrogen) atoms. The first kappa shape index (κ1) is 22.3. The molecule has 0 bridgehead atoms. The molecular formula is C22H23F3N4O2S. The van der Waals surface area contributed by atoms with Gasteiger partial charge in [-0.2, -0.15) is 0 Å². The summed E-state index contributed by atoms with van der Waals surface area (Å²) in [5.41, 5.74) is 1.49. The summed E-state index contributed by atoms with van der Waals surface area (Å²) in [6.45, 7) is 4.22. The number of alkyl halides is 2. The second kappa shape index (κ2) is 8.57. The van der Waals surface area contributed by atoms with Crippen LogP contribution in [0.2, 0.25) is 0 Å². The number of hydrogen-bond acceptors (Lipinski definition) is 6. The third-order valence-corrected chi connectivity index (χ3v) is 7.30. The van der Waals surface area contributed by atoms with E-state index in [9.17, 15) is 21.6 Å². The predicted molar refractivity (Wildman–Crippen MR) is 119 cm³/mol. The highest BCUT2D eigenvalue weighted by atomic mass is 32.2. The number of halogens is 3. The van der Waals surface area contributed by atoms with E-state index in [4.69, 9.17) is 0 Å². The predicted octanol–water partition coefficient (Wildman–Crippen LogP) is 4.42. The fourth-order valence-electron chi connectivity index (χ4n) is 3.91. The van der Waals surface area contributed by atoms with Crippen LogP contribution in [0.1, 0.15) is 36.2 Å². The Balaban J connectivity index is 1.69. The van der Waals surface area contributed by atoms with Crippen molar-refractivity contribution in [2.24, 2.45) is 0 Å². The number of aryl methyl sites for hydroxylation is 1. The largest absolute Gasteiger partial charge is 0.378 e. The zero-order valence-corrected chi connectivity index (χ0v) is 18.5. The number of benzene rings is 1. The van der Waals surface area contributed by atoms with E-state index in [0.29, 0.717) is 35.8 Å². The lowest BCUT2D eigenvalue weighted by Crippen LogP contribution is -2.40. The fourth-order valence-corrected chi connectivity index (χ4v) is 5.11. The van der Waals surface area contributed by atoms with Crippen LogP contribution in [0.25, 0.3) is 10.9 Å². The van der Waals surface area contributed by atoms with Crippen LogP contribution >= 0.6 is 0 Å². The van der Waals surface area contributed by atoms with Crippen LogP contribution in [0, 0.1) is 12.7 Å². The molecule has 6 nitrogen and oxygen atoms in total. The maximum Gasteiger partial charge on any atom is 0.266 e. The molecule has 0 radical (unpaired) electrons. The van der Waals surface area contributed by atoms with Crippen LogP contribution in [-0.2, 0) is 9.84 Å². The fraction of sp³-hybridized carbons (Fsp3) is 0.364. The molecule has 4 rings (SSSR count). The lowest BCUT2D eigenvalue weighted by atomic mass is 10.0. The Morgan fingerprint density at radius 2 is 1.81 bits per heavy atom. The molecule has 2 aromatic heterocycles. The first-order valence-electron chi connectivity index (χ1n) is 10.2. The Kier molecular flexibility index (Phi) is 5.98. The minimum absolute atomic E-state index is 0.0701. The van der Waals surface area contributed by atoms with Gasteiger partial charge in [-0.1, -0.05) is 18.2 Å². The van der Waals surface area contributed by atoms with Gasteiger partial charge < -0.3 is 10.2 Å². The minimum Gasteiger partial charge on any atom is -0.378 e. The van der Waals surface area contributed by atoms with Crippen LogP contribution in [-0.4, -0.2) is 43.0 Å². The topological polar surface area (TPSA) is 75.2 Å². The summed E-state index contributed by atoms with van der Waals surface area (Å²) in [4.78, 5) is 10.9. The molecule has 1 aromatic carbocycles. The zero-order valence-electron chi connectivity index (χ0n) is 17.6. The molecule has 170 valence electrons. The summed E-state index contributed by atoms with van der Waals surface area (Å²) >= 11 is 0. The Bertz CT molecular complexity index is 1250. The molecule has 0 spiro atoms. The minimum atomic E-state index is -3.03. The highest BCUT2D eigenvalue weighted by Crippen LogP contribution is 2.32. The van der Waals surface area contributed by atoms with Gasteiger partial charge in [0.25, 0.3) is 6.43 Å². The Hall–Kier alpha value is -2.88. The van der Waals surface area contributed by atoms with E-state index in [1.165, 1.54) is 12.1 Å². The van der Waals surface area contributed by atoms with Gasteiger partial charge in [0.15, 0.2) is 9.84 Å². The summed E-state index contributed by atoms with van der Waals surface area (Å²) in [6, 6.07) is 6.95. The van der Waals surface area contributed by atoms with E-state index in [2.05, 4.69) is 15.3 Å². The molecule has 1 aliphatic heterocycles. The molecule has 0 aliphatic carbocycles. The molecule has 10 heteroatoms. The van der Waals surface area contributed by atoms with Crippen molar-refractivity contribution in [1.82, 2.24) is 9.97 Å². The lowest BCUT2D eigenvalue weighted by Gasteiger charge is -2.28. The van der Waals surface area contributed by atoms with E-state index in [1.807, 2.05) is 17.9 Å². The van der Waals surface area contributed by atoms with E-state index in [-0.39, 0.29) is 17.1 Å². The second-order valence-corrected chi connectivity index (χ2v) is 10.2. The van der Waals surface area contributed by atoms with Gasteiger partial charge in [-0.3, -0.25) is 4.98 Å². The van der Waals surface area contributed by atoms with Gasteiger partial charge in [0.05, 0.1) is 34.3 Å². The van der Waals surface area contributed by atoms with E-state index < -0.39 is 33.7 Å². The van der Waals surface area contributed by atoms with E-state index in [1.54, 1.807) is 19.2 Å². The summed E-state index contributed by atoms with van der Waals surface area (Å²) in [5.74, 6) is -0.144. The normalized spacial score (nSPS) is 17.0. The maximum absolute atomic E-state index is 14.6. The van der Waals surface area contributed by atoms with Crippen molar-refractivity contribution in [2.75, 3.05) is 34.8 Å². The number of aromatic nitrogens is 2. The highest BCUT2D eigenvalue weighted by Gasteiger charge is 2.24. The number of rotatable bonds is 5. The van der Waals surface area contributed by atoms with Crippen LogP contribution in [0.4, 0.5) is 24.7 Å². The monoisotopic (exact) mass is 464 g/mol. The maximum atomic E-state index is 14.6. The molecule has 1 N–H and O–H groups in total. The van der Waals surface area contributed by atoms with Crippen molar-refractivity contribution < 1.29 is 21.6 Å². The molecule has 1 fully saturated rings. The molecular weight excluding hydrogens is 441 g/mol. The van der Waals surface area contributed by atoms with Gasteiger partial charge in [0.1, 0.15) is 11.6 Å². The van der Waals surface area contributed by atoms with E-state index >= 15 is 0 Å². The molecule has 1 saturated heterocycles. The molecule has 3 heterocycles. The van der Waals surface area contributed by atoms with Gasteiger partial charge in [-0.15, -0.1) is 0 Å². The Morgan fingerprint density at radius 3 is 2.50 bits per heavy atom. The van der Waals surface area contributed by atoms with Crippen LogP contribution < -0.4 is 10.2 Å². The number of pyridine rings is 2. The van der Waals surface area contributed by atoms with Gasteiger partial charge in [-0.05, 0) is 26.0 Å². The van der Waals surface area contributed by atoms with Gasteiger partial charge in [0.2, 0.25) is 0 Å². The average molecular weight is 465 g/mol. The zero-order chi connectivity index (χ0) is 23.0. The summed E-state index contributed by atoms with van der Waals surface area (Å²) < 4.78 is 64.4. The quantitative estimate of drug-likeness (QED) is 0.603. The van der Waals surface area contributed by atoms with Gasteiger partial charge in [-0.25, -0.2) is 26.6 Å². The summed E-state index contributed by atoms with van der Waals surface area (Å²) in [5, 5.41) is 3.95. The number of fused-ring (bicyclic) bond motifs is 1. The van der Waals surface area contributed by atoms with Crippen LogP contribution in [0.15, 0.2) is 36.5 Å². The van der Waals surface area contributed by atoms with Crippen molar-refractivity contribution in [3.63, 3.8) is 0 Å². The van der Waals surface area contributed by atoms with E-state index in [0.717, 1.165) is 11.5 Å². The number of hydrogen-bond donors (Lipinski definition) is 1. The lowest BCUT2D eigenvalue weighted by molar-refractivity contribution is 0.146. The van der Waals surface area contributed by atoms with Crippen molar-refractivity contribution in [3.8, 4) is 0 Å². The van der Waals surface area contributed by atoms with Crippen LogP contribution in [0.3, 0.4) is 0 Å². The average Bonchev–Trinajstić information content (AvgIpc) is 2.74. The standard InChI is InChI=1S/C22H23F3N4O2S/c1-13(15-4-3-5-16(20(15)23)22(24)25)27-18-6-7-26-21-14(2)28-19(12-17(18)21)29-8-10-32(30,31)11-9-29/h3-7,12-13,22H,8-11H2,1-2H3,(H,26,27)/t13-/m1/s1. The first-order chi connectivity index (χ1) is 15.2. The molecule has 1 aliphatic rings. The molecule has 1 atom stereocenters. The SMILES string of the molecule is Cc1nc(N2CCS(=O)(=O)CC2)cc2c(N[C@H](C)c3cccc(C(F)F)c3F)ccnc12. The van der Waals surface area contributed by atoms with Gasteiger partial charge >= 0.3 is 0 Å². The third kappa shape index (κ3) is 4.36. The second-order valence-electron chi connectivity index (χ2n) is 7.88. The van der Waals surface area contributed by atoms with Crippen LogP contribution in [0.5, 0.6) is 0 Å². The van der Waals surface area contributed by atoms with Gasteiger partial charge in [0, 0.05) is 35.9 Å². The summed E-state index contributed by atoms with van der Waals surface area (Å²) in [7, 11) is -3.03. The number of nitrogens with zero attached hydrogens (tertiary/aromatic N) is 3. The third-order valence-electron chi connectivity index (χ3n) is 5.69. The highest BCUT2D eigenvalue weighted by molar-refractivity contribution is 7.91. The smallest absolute Gasteiger partial charge is 0.266 e. The summed E-state index contributed by atoms with van der Waals surface area (Å²) in [6.07, 6.45) is -1.29. The first-order valence-corrected chi connectivity index (χ1v) is 12.0. The van der Waals surface area contributed by atoms with Crippen molar-refractivity contribution in [1.29, 1.82) is 0 Å². The number of nitrogens with one attached hydrogen (secondary N) is 1. The number of anilines is 2. The molecule has 3 aromatic rings. The van der Waals surface area contributed by atoms with Crippen molar-refractivity contribution >= 4 is 32.2 Å². The number of sulfone groups is 1. The van der Waals surface area contributed by atoms with Crippen molar-refractivity contribution in [2.45, 2.75) is 26.3 Å². The van der Waals surface area contributed by atoms with Crippen molar-refractivity contribution in [3.05, 3.63) is 59.2 Å². The molecule has 0 saturated carbocycles.